The highest BCUT2D eigenvalue weighted by atomic mass is 79.9. The van der Waals surface area contributed by atoms with Gasteiger partial charge in [0.15, 0.2) is 0 Å². The minimum Gasteiger partial charge on any atom is -0.508 e. The van der Waals surface area contributed by atoms with Crippen molar-refractivity contribution >= 4 is 15.9 Å². The van der Waals surface area contributed by atoms with Crippen LogP contribution >= 0.6 is 15.9 Å². The van der Waals surface area contributed by atoms with E-state index in [1.807, 2.05) is 12.1 Å². The van der Waals surface area contributed by atoms with Gasteiger partial charge >= 0.3 is 0 Å². The summed E-state index contributed by atoms with van der Waals surface area (Å²) in [4.78, 5) is 0. The Bertz CT molecular complexity index is 297. The molecule has 2 nitrogen and oxygen atoms in total. The second-order valence-electron chi connectivity index (χ2n) is 3.06. The molecule has 0 atom stereocenters. The second kappa shape index (κ2) is 3.07. The van der Waals surface area contributed by atoms with Crippen molar-refractivity contribution in [2.75, 3.05) is 13.1 Å². The van der Waals surface area contributed by atoms with Crippen molar-refractivity contribution in [1.82, 2.24) is 5.32 Å². The molecule has 1 aromatic carbocycles. The Labute approximate surface area is 79.7 Å². The molecule has 64 valence electrons. The molecule has 12 heavy (non-hydrogen) atoms. The third kappa shape index (κ3) is 1.34. The molecule has 0 bridgehead atoms. The van der Waals surface area contributed by atoms with E-state index in [-0.39, 0.29) is 0 Å². The van der Waals surface area contributed by atoms with E-state index in [0.717, 1.165) is 17.6 Å². The molecular weight excluding hydrogens is 218 g/mol. The zero-order valence-corrected chi connectivity index (χ0v) is 8.13. The highest BCUT2D eigenvalue weighted by Crippen LogP contribution is 2.30. The topological polar surface area (TPSA) is 32.3 Å². The number of hydrogen-bond acceptors (Lipinski definition) is 2. The molecule has 2 rings (SSSR count). The summed E-state index contributed by atoms with van der Waals surface area (Å²) in [6.07, 6.45) is 0. The van der Waals surface area contributed by atoms with Gasteiger partial charge in [-0.2, -0.15) is 0 Å². The number of rotatable bonds is 1. The Kier molecular flexibility index (Phi) is 2.07. The van der Waals surface area contributed by atoms with Gasteiger partial charge in [0.1, 0.15) is 5.75 Å². The summed E-state index contributed by atoms with van der Waals surface area (Å²) >= 11 is 3.47. The lowest BCUT2D eigenvalue weighted by atomic mass is 9.94. The van der Waals surface area contributed by atoms with Gasteiger partial charge in [-0.15, -0.1) is 0 Å². The number of phenolic OH excluding ortho intramolecular Hbond substituents is 1. The number of aromatic hydroxyl groups is 1. The Morgan fingerprint density at radius 3 is 2.75 bits per heavy atom. The highest BCUT2D eigenvalue weighted by Gasteiger charge is 2.21. The van der Waals surface area contributed by atoms with Crippen LogP contribution in [0.3, 0.4) is 0 Å². The zero-order valence-electron chi connectivity index (χ0n) is 6.55. The zero-order chi connectivity index (χ0) is 8.55. The van der Waals surface area contributed by atoms with E-state index in [1.54, 1.807) is 6.07 Å². The maximum absolute atomic E-state index is 9.26. The second-order valence-corrected chi connectivity index (χ2v) is 3.92. The molecule has 2 N–H and O–H groups in total. The first-order valence-electron chi connectivity index (χ1n) is 3.96. The number of hydrogen-bond donors (Lipinski definition) is 2. The number of halogens is 1. The monoisotopic (exact) mass is 227 g/mol. The average molecular weight is 228 g/mol. The molecule has 1 aliphatic rings. The van der Waals surface area contributed by atoms with Gasteiger partial charge in [0, 0.05) is 23.5 Å². The van der Waals surface area contributed by atoms with Crippen molar-refractivity contribution in [3.05, 3.63) is 28.2 Å². The van der Waals surface area contributed by atoms with Gasteiger partial charge < -0.3 is 10.4 Å². The molecule has 0 unspecified atom stereocenters. The maximum Gasteiger partial charge on any atom is 0.115 e. The summed E-state index contributed by atoms with van der Waals surface area (Å²) in [5.41, 5.74) is 1.20. The Morgan fingerprint density at radius 1 is 1.42 bits per heavy atom. The molecular formula is C9H10BrNO. The van der Waals surface area contributed by atoms with Crippen LogP contribution in [0.15, 0.2) is 22.7 Å². The van der Waals surface area contributed by atoms with Crippen LogP contribution in [0, 0.1) is 0 Å². The Balaban J connectivity index is 2.34. The largest absolute Gasteiger partial charge is 0.508 e. The summed E-state index contributed by atoms with van der Waals surface area (Å²) < 4.78 is 1.09. The highest BCUT2D eigenvalue weighted by molar-refractivity contribution is 9.10. The van der Waals surface area contributed by atoms with Crippen LogP contribution in [-0.2, 0) is 0 Å². The van der Waals surface area contributed by atoms with Crippen LogP contribution in [0.25, 0.3) is 0 Å². The fourth-order valence-corrected chi connectivity index (χ4v) is 1.92. The van der Waals surface area contributed by atoms with Crippen molar-refractivity contribution in [2.24, 2.45) is 0 Å². The average Bonchev–Trinajstić information content (AvgIpc) is 1.93. The molecule has 0 spiro atoms. The van der Waals surface area contributed by atoms with E-state index in [4.69, 9.17) is 0 Å². The molecule has 0 saturated carbocycles. The van der Waals surface area contributed by atoms with Gasteiger partial charge in [-0.1, -0.05) is 15.9 Å². The lowest BCUT2D eigenvalue weighted by molar-refractivity contribution is 0.440. The normalized spacial score (nSPS) is 17.4. The fourth-order valence-electron chi connectivity index (χ4n) is 1.35. The Morgan fingerprint density at radius 2 is 2.17 bits per heavy atom. The van der Waals surface area contributed by atoms with Gasteiger partial charge in [0.05, 0.1) is 0 Å². The molecule has 1 fully saturated rings. The van der Waals surface area contributed by atoms with Gasteiger partial charge in [-0.05, 0) is 23.8 Å². The molecule has 0 aromatic heterocycles. The van der Waals surface area contributed by atoms with E-state index >= 15 is 0 Å². The first kappa shape index (κ1) is 8.08. The van der Waals surface area contributed by atoms with Crippen LogP contribution in [0.4, 0.5) is 0 Å². The molecule has 0 amide bonds. The summed E-state index contributed by atoms with van der Waals surface area (Å²) in [5, 5.41) is 12.5. The van der Waals surface area contributed by atoms with Crippen molar-refractivity contribution in [3.63, 3.8) is 0 Å². The van der Waals surface area contributed by atoms with Gasteiger partial charge in [0.25, 0.3) is 0 Å². The minimum atomic E-state index is 0.347. The maximum atomic E-state index is 9.26. The van der Waals surface area contributed by atoms with E-state index in [2.05, 4.69) is 21.2 Å². The lowest BCUT2D eigenvalue weighted by Gasteiger charge is -2.28. The third-order valence-corrected chi connectivity index (χ3v) is 2.92. The lowest BCUT2D eigenvalue weighted by Crippen LogP contribution is -2.40. The number of nitrogens with one attached hydrogen (secondary N) is 1. The van der Waals surface area contributed by atoms with Gasteiger partial charge in [0.2, 0.25) is 0 Å². The molecule has 0 radical (unpaired) electrons. The molecule has 1 saturated heterocycles. The van der Waals surface area contributed by atoms with E-state index < -0.39 is 0 Å². The smallest absolute Gasteiger partial charge is 0.115 e. The quantitative estimate of drug-likeness (QED) is 0.768. The van der Waals surface area contributed by atoms with E-state index in [0.29, 0.717) is 11.7 Å². The summed E-state index contributed by atoms with van der Waals surface area (Å²) in [6, 6.07) is 5.41. The summed E-state index contributed by atoms with van der Waals surface area (Å²) in [6.45, 7) is 2.03. The SMILES string of the molecule is Oc1ccc(Br)c(C2CNC2)c1. The standard InChI is InChI=1S/C9H10BrNO/c10-9-2-1-7(12)3-8(9)6-4-11-5-6/h1-3,6,11-12H,4-5H2. The minimum absolute atomic E-state index is 0.347. The molecule has 0 aliphatic carbocycles. The predicted octanol–water partition coefficient (Wildman–Crippen LogP) is 1.84. The predicted molar refractivity (Wildman–Crippen MR) is 51.4 cm³/mol. The van der Waals surface area contributed by atoms with Gasteiger partial charge in [-0.25, -0.2) is 0 Å². The molecule has 1 heterocycles. The van der Waals surface area contributed by atoms with Crippen molar-refractivity contribution in [2.45, 2.75) is 5.92 Å². The molecule has 1 aromatic rings. The van der Waals surface area contributed by atoms with Gasteiger partial charge in [-0.3, -0.25) is 0 Å². The summed E-state index contributed by atoms with van der Waals surface area (Å²) in [5.74, 6) is 0.909. The van der Waals surface area contributed by atoms with Crippen LogP contribution in [0.5, 0.6) is 5.75 Å². The van der Waals surface area contributed by atoms with Crippen LogP contribution < -0.4 is 5.32 Å². The van der Waals surface area contributed by atoms with E-state index in [1.165, 1.54) is 5.56 Å². The third-order valence-electron chi connectivity index (χ3n) is 2.20. The number of benzene rings is 1. The number of phenols is 1. The van der Waals surface area contributed by atoms with Crippen LogP contribution in [-0.4, -0.2) is 18.2 Å². The first-order chi connectivity index (χ1) is 5.77. The van der Waals surface area contributed by atoms with Crippen molar-refractivity contribution in [1.29, 1.82) is 0 Å². The fraction of sp³-hybridized carbons (Fsp3) is 0.333. The van der Waals surface area contributed by atoms with Crippen LogP contribution in [0.2, 0.25) is 0 Å². The summed E-state index contributed by atoms with van der Waals surface area (Å²) in [7, 11) is 0. The van der Waals surface area contributed by atoms with Crippen LogP contribution in [0.1, 0.15) is 11.5 Å². The van der Waals surface area contributed by atoms with E-state index in [9.17, 15) is 5.11 Å². The van der Waals surface area contributed by atoms with Crippen molar-refractivity contribution < 1.29 is 5.11 Å². The molecule has 1 aliphatic heterocycles. The molecule has 3 heteroatoms. The first-order valence-corrected chi connectivity index (χ1v) is 4.76. The Hall–Kier alpha value is -0.540. The van der Waals surface area contributed by atoms with Crippen molar-refractivity contribution in [3.8, 4) is 5.75 Å².